The lowest BCUT2D eigenvalue weighted by atomic mass is 10.2. The first-order valence-corrected chi connectivity index (χ1v) is 3.87. The van der Waals surface area contributed by atoms with Crippen molar-refractivity contribution in [2.24, 2.45) is 7.05 Å². The molecule has 0 N–H and O–H groups in total. The van der Waals surface area contributed by atoms with Gasteiger partial charge in [-0.2, -0.15) is 0 Å². The Labute approximate surface area is 74.8 Å². The Morgan fingerprint density at radius 2 is 1.92 bits per heavy atom. The molecular formula is C9H8FN3. The molecule has 0 amide bonds. The van der Waals surface area contributed by atoms with E-state index in [-0.39, 0.29) is 5.82 Å². The van der Waals surface area contributed by atoms with Gasteiger partial charge in [0.05, 0.1) is 0 Å². The molecule has 0 saturated heterocycles. The van der Waals surface area contributed by atoms with E-state index in [0.29, 0.717) is 0 Å². The molecule has 1 aromatic carbocycles. The second-order valence-electron chi connectivity index (χ2n) is 2.77. The van der Waals surface area contributed by atoms with Crippen LogP contribution in [0.3, 0.4) is 0 Å². The molecule has 0 aliphatic carbocycles. The number of hydrogen-bond donors (Lipinski definition) is 0. The first-order chi connectivity index (χ1) is 6.27. The van der Waals surface area contributed by atoms with Crippen LogP contribution in [0, 0.1) is 5.82 Å². The van der Waals surface area contributed by atoms with Crippen LogP contribution in [0.15, 0.2) is 30.6 Å². The number of aromatic nitrogens is 3. The van der Waals surface area contributed by atoms with Crippen molar-refractivity contribution in [2.45, 2.75) is 0 Å². The Morgan fingerprint density at radius 3 is 2.46 bits per heavy atom. The number of aryl methyl sites for hydroxylation is 1. The van der Waals surface area contributed by atoms with Crippen LogP contribution in [0.2, 0.25) is 0 Å². The van der Waals surface area contributed by atoms with Gasteiger partial charge >= 0.3 is 0 Å². The maximum Gasteiger partial charge on any atom is 0.163 e. The minimum absolute atomic E-state index is 0.245. The van der Waals surface area contributed by atoms with Gasteiger partial charge in [0.15, 0.2) is 5.82 Å². The Bertz CT molecular complexity index is 405. The molecular weight excluding hydrogens is 169 g/mol. The summed E-state index contributed by atoms with van der Waals surface area (Å²) >= 11 is 0. The van der Waals surface area contributed by atoms with Gasteiger partial charge in [-0.3, -0.25) is 0 Å². The number of halogens is 1. The third kappa shape index (κ3) is 1.42. The minimum atomic E-state index is -0.245. The lowest BCUT2D eigenvalue weighted by Crippen LogP contribution is -1.90. The third-order valence-corrected chi connectivity index (χ3v) is 1.81. The van der Waals surface area contributed by atoms with Gasteiger partial charge in [-0.25, -0.2) is 4.39 Å². The molecule has 1 heterocycles. The molecule has 0 fully saturated rings. The van der Waals surface area contributed by atoms with Crippen LogP contribution in [-0.4, -0.2) is 14.8 Å². The molecule has 0 spiro atoms. The third-order valence-electron chi connectivity index (χ3n) is 1.81. The van der Waals surface area contributed by atoms with Crippen molar-refractivity contribution in [3.63, 3.8) is 0 Å². The van der Waals surface area contributed by atoms with Gasteiger partial charge in [0.1, 0.15) is 12.1 Å². The summed E-state index contributed by atoms with van der Waals surface area (Å²) in [7, 11) is 1.85. The van der Waals surface area contributed by atoms with Gasteiger partial charge in [-0.05, 0) is 24.3 Å². The second-order valence-corrected chi connectivity index (χ2v) is 2.77. The predicted octanol–water partition coefficient (Wildman–Crippen LogP) is 1.62. The van der Waals surface area contributed by atoms with Gasteiger partial charge < -0.3 is 4.57 Å². The molecule has 0 bridgehead atoms. The van der Waals surface area contributed by atoms with Crippen molar-refractivity contribution in [1.82, 2.24) is 14.8 Å². The Morgan fingerprint density at radius 1 is 1.23 bits per heavy atom. The average molecular weight is 177 g/mol. The zero-order valence-corrected chi connectivity index (χ0v) is 7.11. The summed E-state index contributed by atoms with van der Waals surface area (Å²) in [6, 6.07) is 6.17. The van der Waals surface area contributed by atoms with Crippen LogP contribution >= 0.6 is 0 Å². The molecule has 4 heteroatoms. The van der Waals surface area contributed by atoms with Gasteiger partial charge in [-0.1, -0.05) is 0 Å². The van der Waals surface area contributed by atoms with E-state index < -0.39 is 0 Å². The summed E-state index contributed by atoms with van der Waals surface area (Å²) in [5.74, 6) is 0.492. The molecule has 0 saturated carbocycles. The first kappa shape index (κ1) is 7.91. The highest BCUT2D eigenvalue weighted by Crippen LogP contribution is 2.15. The summed E-state index contributed by atoms with van der Waals surface area (Å²) in [5, 5.41) is 7.65. The summed E-state index contributed by atoms with van der Waals surface area (Å²) in [6.45, 7) is 0. The topological polar surface area (TPSA) is 30.7 Å². The fourth-order valence-corrected chi connectivity index (χ4v) is 1.14. The molecule has 66 valence electrons. The SMILES string of the molecule is Cn1cnnc1-c1ccc(F)cc1. The van der Waals surface area contributed by atoms with Crippen molar-refractivity contribution >= 4 is 0 Å². The number of benzene rings is 1. The lowest BCUT2D eigenvalue weighted by Gasteiger charge is -1.98. The van der Waals surface area contributed by atoms with Gasteiger partial charge in [0, 0.05) is 12.6 Å². The normalized spacial score (nSPS) is 10.3. The maximum atomic E-state index is 12.6. The van der Waals surface area contributed by atoms with Gasteiger partial charge in [0.2, 0.25) is 0 Å². The molecule has 0 atom stereocenters. The lowest BCUT2D eigenvalue weighted by molar-refractivity contribution is 0.628. The molecule has 0 aliphatic heterocycles. The Hall–Kier alpha value is -1.71. The van der Waals surface area contributed by atoms with E-state index in [4.69, 9.17) is 0 Å². The van der Waals surface area contributed by atoms with Crippen LogP contribution < -0.4 is 0 Å². The van der Waals surface area contributed by atoms with Crippen molar-refractivity contribution in [2.75, 3.05) is 0 Å². The van der Waals surface area contributed by atoms with Crippen LogP contribution in [0.5, 0.6) is 0 Å². The molecule has 13 heavy (non-hydrogen) atoms. The fourth-order valence-electron chi connectivity index (χ4n) is 1.14. The quantitative estimate of drug-likeness (QED) is 0.662. The number of rotatable bonds is 1. The Balaban J connectivity index is 2.47. The van der Waals surface area contributed by atoms with Crippen LogP contribution in [0.1, 0.15) is 0 Å². The highest BCUT2D eigenvalue weighted by Gasteiger charge is 2.03. The average Bonchev–Trinajstić information content (AvgIpc) is 2.53. The highest BCUT2D eigenvalue weighted by molar-refractivity contribution is 5.54. The van der Waals surface area contributed by atoms with Crippen molar-refractivity contribution < 1.29 is 4.39 Å². The van der Waals surface area contributed by atoms with Crippen LogP contribution in [-0.2, 0) is 7.05 Å². The maximum absolute atomic E-state index is 12.6. The summed E-state index contributed by atoms with van der Waals surface area (Å²) < 4.78 is 14.4. The Kier molecular flexibility index (Phi) is 1.81. The molecule has 2 rings (SSSR count). The van der Waals surface area contributed by atoms with E-state index in [2.05, 4.69) is 10.2 Å². The standard InChI is InChI=1S/C9H8FN3/c1-13-6-11-12-9(13)7-2-4-8(10)5-3-7/h2-6H,1H3. The summed E-state index contributed by atoms with van der Waals surface area (Å²) in [5.41, 5.74) is 0.862. The molecule has 0 unspecified atom stereocenters. The van der Waals surface area contributed by atoms with E-state index in [1.807, 2.05) is 7.05 Å². The van der Waals surface area contributed by atoms with E-state index in [1.165, 1.54) is 12.1 Å². The highest BCUT2D eigenvalue weighted by atomic mass is 19.1. The zero-order valence-electron chi connectivity index (χ0n) is 7.11. The number of hydrogen-bond acceptors (Lipinski definition) is 2. The van der Waals surface area contributed by atoms with Crippen molar-refractivity contribution in [1.29, 1.82) is 0 Å². The summed E-state index contributed by atoms with van der Waals surface area (Å²) in [4.78, 5) is 0. The smallest absolute Gasteiger partial charge is 0.163 e. The molecule has 1 aromatic heterocycles. The summed E-state index contributed by atoms with van der Waals surface area (Å²) in [6.07, 6.45) is 1.61. The molecule has 3 nitrogen and oxygen atoms in total. The monoisotopic (exact) mass is 177 g/mol. The second kappa shape index (κ2) is 2.97. The van der Waals surface area contributed by atoms with E-state index in [0.717, 1.165) is 11.4 Å². The van der Waals surface area contributed by atoms with E-state index >= 15 is 0 Å². The number of nitrogens with zero attached hydrogens (tertiary/aromatic N) is 3. The van der Waals surface area contributed by atoms with Gasteiger partial charge in [0.25, 0.3) is 0 Å². The van der Waals surface area contributed by atoms with Crippen LogP contribution in [0.25, 0.3) is 11.4 Å². The minimum Gasteiger partial charge on any atom is -0.317 e. The zero-order chi connectivity index (χ0) is 9.26. The van der Waals surface area contributed by atoms with Crippen molar-refractivity contribution in [3.8, 4) is 11.4 Å². The van der Waals surface area contributed by atoms with E-state index in [1.54, 1.807) is 23.0 Å². The first-order valence-electron chi connectivity index (χ1n) is 3.87. The molecule has 0 radical (unpaired) electrons. The van der Waals surface area contributed by atoms with Crippen molar-refractivity contribution in [3.05, 3.63) is 36.4 Å². The van der Waals surface area contributed by atoms with Crippen LogP contribution in [0.4, 0.5) is 4.39 Å². The predicted molar refractivity (Wildman–Crippen MR) is 46.4 cm³/mol. The van der Waals surface area contributed by atoms with E-state index in [9.17, 15) is 4.39 Å². The largest absolute Gasteiger partial charge is 0.317 e. The molecule has 2 aromatic rings. The molecule has 0 aliphatic rings. The fraction of sp³-hybridized carbons (Fsp3) is 0.111. The van der Waals surface area contributed by atoms with Gasteiger partial charge in [-0.15, -0.1) is 10.2 Å².